The molecule has 3 rings (SSSR count). The third kappa shape index (κ3) is 9.49. The second kappa shape index (κ2) is 14.9. The topological polar surface area (TPSA) is 117 Å². The van der Waals surface area contributed by atoms with Crippen LogP contribution in [-0.2, 0) is 31.0 Å². The number of carbonyl (C=O) groups is 3. The van der Waals surface area contributed by atoms with Crippen LogP contribution in [0.5, 0.6) is 5.75 Å². The molecule has 1 aromatic heterocycles. The highest BCUT2D eigenvalue weighted by atomic mass is 19.2. The van der Waals surface area contributed by atoms with E-state index < -0.39 is 82.9 Å². The van der Waals surface area contributed by atoms with Crippen LogP contribution in [0.1, 0.15) is 84.0 Å². The van der Waals surface area contributed by atoms with Crippen molar-refractivity contribution in [2.24, 2.45) is 0 Å². The fourth-order valence-corrected chi connectivity index (χ4v) is 4.89. The first-order valence-electron chi connectivity index (χ1n) is 15.0. The molecular formula is C34H39F4N3O6. The Morgan fingerprint density at radius 2 is 1.55 bits per heavy atom. The van der Waals surface area contributed by atoms with Gasteiger partial charge in [0.05, 0.1) is 6.42 Å². The molecule has 47 heavy (non-hydrogen) atoms. The lowest BCUT2D eigenvalue weighted by Crippen LogP contribution is -2.49. The van der Waals surface area contributed by atoms with Crippen LogP contribution in [0.15, 0.2) is 47.4 Å². The van der Waals surface area contributed by atoms with Crippen molar-refractivity contribution in [3.05, 3.63) is 92.9 Å². The second-order valence-corrected chi connectivity index (χ2v) is 13.0. The number of halogens is 4. The van der Waals surface area contributed by atoms with E-state index >= 15 is 0 Å². The van der Waals surface area contributed by atoms with Crippen LogP contribution in [-0.4, -0.2) is 45.7 Å². The summed E-state index contributed by atoms with van der Waals surface area (Å²) < 4.78 is 66.6. The van der Waals surface area contributed by atoms with E-state index in [4.69, 9.17) is 9.47 Å². The first-order valence-corrected chi connectivity index (χ1v) is 15.0. The van der Waals surface area contributed by atoms with Crippen molar-refractivity contribution in [2.45, 2.75) is 90.8 Å². The molecule has 1 heterocycles. The van der Waals surface area contributed by atoms with E-state index in [-0.39, 0.29) is 24.3 Å². The number of carbonyl (C=O) groups excluding carboxylic acids is 3. The predicted octanol–water partition coefficient (Wildman–Crippen LogP) is 5.50. The zero-order valence-corrected chi connectivity index (χ0v) is 27.4. The van der Waals surface area contributed by atoms with Gasteiger partial charge in [0.2, 0.25) is 17.5 Å². The molecule has 254 valence electrons. The maximum atomic E-state index is 14.1. The third-order valence-electron chi connectivity index (χ3n) is 7.07. The predicted molar refractivity (Wildman–Crippen MR) is 165 cm³/mol. The molecule has 0 bridgehead atoms. The van der Waals surface area contributed by atoms with Crippen molar-refractivity contribution in [3.8, 4) is 5.75 Å². The largest absolute Gasteiger partial charge is 0.479 e. The molecule has 0 saturated heterocycles. The van der Waals surface area contributed by atoms with Crippen LogP contribution in [0.4, 0.5) is 17.6 Å². The van der Waals surface area contributed by atoms with Gasteiger partial charge in [-0.25, -0.2) is 13.5 Å². The van der Waals surface area contributed by atoms with E-state index in [1.54, 1.807) is 33.8 Å². The molecule has 9 nitrogen and oxygen atoms in total. The summed E-state index contributed by atoms with van der Waals surface area (Å²) in [7, 11) is 0. The van der Waals surface area contributed by atoms with Crippen LogP contribution >= 0.6 is 0 Å². The summed E-state index contributed by atoms with van der Waals surface area (Å²) >= 11 is 0. The Morgan fingerprint density at radius 3 is 2.13 bits per heavy atom. The van der Waals surface area contributed by atoms with E-state index in [1.165, 1.54) is 6.20 Å². The molecule has 1 N–H and O–H groups in total. The lowest BCUT2D eigenvalue weighted by atomic mass is 9.82. The van der Waals surface area contributed by atoms with Crippen molar-refractivity contribution in [1.29, 1.82) is 0 Å². The SMILES string of the molecule is CCC(C(=O)NC(CC(=O)OC(C)(C)C)C(=O)COc1c(F)c(F)cc(F)c1F)n1nccc(Cc2ccccc2C(C)(C)C)c1=O. The number of Topliss-reactive ketones (excluding diaryl/α,β-unsaturated/α-hetero) is 1. The maximum absolute atomic E-state index is 14.1. The van der Waals surface area contributed by atoms with Gasteiger partial charge in [-0.1, -0.05) is 52.0 Å². The number of benzene rings is 2. The monoisotopic (exact) mass is 661 g/mol. The number of ether oxygens (including phenoxy) is 2. The highest BCUT2D eigenvalue weighted by molar-refractivity contribution is 5.94. The minimum absolute atomic E-state index is 0.0237. The first-order chi connectivity index (χ1) is 21.8. The number of nitrogens with one attached hydrogen (secondary N) is 1. The summed E-state index contributed by atoms with van der Waals surface area (Å²) in [6.07, 6.45) is 0.960. The van der Waals surface area contributed by atoms with E-state index in [1.807, 2.05) is 24.3 Å². The van der Waals surface area contributed by atoms with Gasteiger partial charge in [0, 0.05) is 24.2 Å². The average Bonchev–Trinajstić information content (AvgIpc) is 2.96. The van der Waals surface area contributed by atoms with Gasteiger partial charge < -0.3 is 14.8 Å². The number of rotatable bonds is 12. The molecule has 2 aromatic carbocycles. The first kappa shape index (κ1) is 36.9. The fourth-order valence-electron chi connectivity index (χ4n) is 4.89. The average molecular weight is 662 g/mol. The minimum Gasteiger partial charge on any atom is -0.479 e. The Labute approximate surface area is 270 Å². The third-order valence-corrected chi connectivity index (χ3v) is 7.07. The number of amides is 1. The molecule has 2 atom stereocenters. The second-order valence-electron chi connectivity index (χ2n) is 13.0. The number of aromatic nitrogens is 2. The minimum atomic E-state index is -1.87. The summed E-state index contributed by atoms with van der Waals surface area (Å²) in [5, 5.41) is 6.50. The lowest BCUT2D eigenvalue weighted by Gasteiger charge is -2.24. The lowest BCUT2D eigenvalue weighted by molar-refractivity contribution is -0.156. The summed E-state index contributed by atoms with van der Waals surface area (Å²) in [4.78, 5) is 53.0. The zero-order valence-electron chi connectivity index (χ0n) is 27.4. The maximum Gasteiger partial charge on any atom is 0.308 e. The van der Waals surface area contributed by atoms with Crippen LogP contribution in [0.3, 0.4) is 0 Å². The van der Waals surface area contributed by atoms with Gasteiger partial charge in [-0.05, 0) is 49.8 Å². The molecule has 0 radical (unpaired) electrons. The molecule has 0 saturated carbocycles. The van der Waals surface area contributed by atoms with Gasteiger partial charge in [-0.2, -0.15) is 13.9 Å². The zero-order chi connectivity index (χ0) is 35.3. The quantitative estimate of drug-likeness (QED) is 0.155. The molecule has 0 aliphatic carbocycles. The molecule has 2 unspecified atom stereocenters. The van der Waals surface area contributed by atoms with Crippen LogP contribution in [0.25, 0.3) is 0 Å². The molecule has 3 aromatic rings. The van der Waals surface area contributed by atoms with E-state index in [9.17, 15) is 36.7 Å². The van der Waals surface area contributed by atoms with Crippen molar-refractivity contribution in [2.75, 3.05) is 6.61 Å². The molecule has 0 aliphatic heterocycles. The Hall–Kier alpha value is -4.55. The highest BCUT2D eigenvalue weighted by Crippen LogP contribution is 2.28. The molecule has 0 spiro atoms. The molecular weight excluding hydrogens is 622 g/mol. The number of hydrogen-bond acceptors (Lipinski definition) is 7. The molecule has 1 amide bonds. The van der Waals surface area contributed by atoms with Crippen molar-refractivity contribution in [3.63, 3.8) is 0 Å². The number of nitrogens with zero attached hydrogens (tertiary/aromatic N) is 2. The van der Waals surface area contributed by atoms with Crippen LogP contribution in [0, 0.1) is 23.3 Å². The normalized spacial score (nSPS) is 13.1. The van der Waals surface area contributed by atoms with Crippen molar-refractivity contribution >= 4 is 17.7 Å². The van der Waals surface area contributed by atoms with Crippen molar-refractivity contribution in [1.82, 2.24) is 15.1 Å². The van der Waals surface area contributed by atoms with Gasteiger partial charge in [-0.15, -0.1) is 0 Å². The van der Waals surface area contributed by atoms with Crippen molar-refractivity contribution < 1.29 is 41.4 Å². The van der Waals surface area contributed by atoms with E-state index in [0.29, 0.717) is 5.56 Å². The molecule has 0 fully saturated rings. The Morgan fingerprint density at radius 1 is 0.936 bits per heavy atom. The Bertz CT molecular complexity index is 1670. The Balaban J connectivity index is 1.90. The molecule has 0 aliphatic rings. The molecule has 13 heteroatoms. The standard InChI is InChI=1S/C34H39F4N3O6/c1-8-25(41-32(45)20(13-14-39-41)15-19-11-9-10-12-21(19)33(2,3)4)31(44)40-24(17-27(43)47-34(5,6)7)26(42)18-46-30-28(37)22(35)16-23(36)29(30)38/h9-14,16,24-25H,8,15,17-18H2,1-7H3,(H,40,44). The Kier molecular flexibility index (Phi) is 11.7. The van der Waals surface area contributed by atoms with Gasteiger partial charge >= 0.3 is 5.97 Å². The van der Waals surface area contributed by atoms with E-state index in [0.717, 1.165) is 15.8 Å². The summed E-state index contributed by atoms with van der Waals surface area (Å²) in [5.41, 5.74) is 0.611. The number of hydrogen-bond donors (Lipinski definition) is 1. The van der Waals surface area contributed by atoms with Gasteiger partial charge in [-0.3, -0.25) is 19.2 Å². The van der Waals surface area contributed by atoms with E-state index in [2.05, 4.69) is 31.2 Å². The fraction of sp³-hybridized carbons (Fsp3) is 0.441. The highest BCUT2D eigenvalue weighted by Gasteiger charge is 2.32. The summed E-state index contributed by atoms with van der Waals surface area (Å²) in [6.45, 7) is 11.3. The number of esters is 1. The summed E-state index contributed by atoms with van der Waals surface area (Å²) in [5.74, 6) is -11.6. The van der Waals surface area contributed by atoms with Crippen LogP contribution < -0.4 is 15.6 Å². The number of ketones is 1. The van der Waals surface area contributed by atoms with Gasteiger partial charge in [0.25, 0.3) is 5.56 Å². The van der Waals surface area contributed by atoms with Crippen LogP contribution in [0.2, 0.25) is 0 Å². The van der Waals surface area contributed by atoms with Gasteiger partial charge in [0.1, 0.15) is 24.3 Å². The smallest absolute Gasteiger partial charge is 0.308 e. The van der Waals surface area contributed by atoms with Gasteiger partial charge in [0.15, 0.2) is 23.2 Å². The summed E-state index contributed by atoms with van der Waals surface area (Å²) in [6, 6.07) is 6.31.